The highest BCUT2D eigenvalue weighted by molar-refractivity contribution is 7.92. The second kappa shape index (κ2) is 11.5. The van der Waals surface area contributed by atoms with Crippen molar-refractivity contribution in [3.05, 3.63) is 76.8 Å². The maximum absolute atomic E-state index is 12.3. The van der Waals surface area contributed by atoms with Gasteiger partial charge in [0.2, 0.25) is 10.6 Å². The number of phenolic OH excluding ortho intramolecular Hbond substituents is 3. The third-order valence-corrected chi connectivity index (χ3v) is 9.17. The first kappa shape index (κ1) is 33.1. The molecule has 0 unspecified atom stereocenters. The number of nitro groups is 1. The molecule has 0 heterocycles. The number of nitrogens with zero attached hydrogens (tertiary/aromatic N) is 3. The van der Waals surface area contributed by atoms with Crippen LogP contribution in [0.4, 0.5) is 28.4 Å². The Morgan fingerprint density at radius 1 is 0.745 bits per heavy atom. The summed E-state index contributed by atoms with van der Waals surface area (Å²) < 4.78 is 97.6. The lowest BCUT2D eigenvalue weighted by molar-refractivity contribution is -0.386. The van der Waals surface area contributed by atoms with E-state index in [9.17, 15) is 64.7 Å². The van der Waals surface area contributed by atoms with E-state index in [-0.39, 0.29) is 21.9 Å². The monoisotopic (exact) mass is 707 g/mol. The summed E-state index contributed by atoms with van der Waals surface area (Å²) in [6.07, 6.45) is 0. The van der Waals surface area contributed by atoms with Crippen LogP contribution >= 0.6 is 0 Å². The van der Waals surface area contributed by atoms with Crippen LogP contribution in [0, 0.1) is 10.1 Å². The van der Waals surface area contributed by atoms with E-state index in [0.717, 1.165) is 12.1 Å². The zero-order valence-corrected chi connectivity index (χ0v) is 25.4. The van der Waals surface area contributed by atoms with Gasteiger partial charge >= 0.3 is 16.2 Å². The molecule has 0 bridgehead atoms. The molecule has 0 aliphatic carbocycles. The lowest BCUT2D eigenvalue weighted by Crippen LogP contribution is -2.06. The Morgan fingerprint density at radius 2 is 1.34 bits per heavy atom. The van der Waals surface area contributed by atoms with Gasteiger partial charge in [-0.1, -0.05) is 0 Å². The van der Waals surface area contributed by atoms with Crippen molar-refractivity contribution in [3.63, 3.8) is 0 Å². The van der Waals surface area contributed by atoms with Crippen molar-refractivity contribution in [3.8, 4) is 17.2 Å². The minimum absolute atomic E-state index is 0.0203. The van der Waals surface area contributed by atoms with Crippen LogP contribution in [0.15, 0.2) is 91.6 Å². The molecule has 5 aromatic carbocycles. The molecule has 0 atom stereocenters. The predicted octanol–water partition coefficient (Wildman–Crippen LogP) is 5.47. The van der Waals surface area contributed by atoms with Crippen molar-refractivity contribution in [2.45, 2.75) is 14.7 Å². The highest BCUT2D eigenvalue weighted by Crippen LogP contribution is 2.44. The summed E-state index contributed by atoms with van der Waals surface area (Å²) in [5, 5.41) is 53.1. The van der Waals surface area contributed by atoms with Gasteiger partial charge in [-0.2, -0.15) is 25.9 Å². The van der Waals surface area contributed by atoms with Gasteiger partial charge in [0.25, 0.3) is 20.2 Å². The van der Waals surface area contributed by atoms with E-state index >= 15 is 0 Å². The molecule has 8 N–H and O–H groups in total. The van der Waals surface area contributed by atoms with Crippen LogP contribution in [0.3, 0.4) is 0 Å². The van der Waals surface area contributed by atoms with Crippen LogP contribution in [0.5, 0.6) is 17.2 Å². The average molecular weight is 708 g/mol. The smallest absolute Gasteiger partial charge is 0.386 e. The third-order valence-electron chi connectivity index (χ3n) is 6.62. The topological polar surface area (TPSA) is 307 Å². The summed E-state index contributed by atoms with van der Waals surface area (Å²) >= 11 is 0. The van der Waals surface area contributed by atoms with Crippen LogP contribution in [0.2, 0.25) is 0 Å². The van der Waals surface area contributed by atoms with Crippen LogP contribution in [0.25, 0.3) is 21.5 Å². The van der Waals surface area contributed by atoms with Crippen molar-refractivity contribution in [2.24, 2.45) is 10.2 Å². The summed E-state index contributed by atoms with van der Waals surface area (Å²) in [6, 6.07) is 12.4. The van der Waals surface area contributed by atoms with Gasteiger partial charge in [0.05, 0.1) is 4.92 Å². The lowest BCUT2D eigenvalue weighted by atomic mass is 10.1. The van der Waals surface area contributed by atoms with Gasteiger partial charge in [-0.3, -0.25) is 19.2 Å². The number of benzene rings is 5. The van der Waals surface area contributed by atoms with Gasteiger partial charge in [0.1, 0.15) is 26.9 Å². The van der Waals surface area contributed by atoms with Gasteiger partial charge in [-0.05, 0) is 63.5 Å². The molecular formula is C26H19N4O14S3+. The number of rotatable bonds is 8. The molecule has 0 aromatic heterocycles. The van der Waals surface area contributed by atoms with E-state index in [2.05, 4.69) is 15.5 Å². The van der Waals surface area contributed by atoms with Crippen LogP contribution < -0.4 is 5.32 Å². The Bertz CT molecular complexity index is 2460. The van der Waals surface area contributed by atoms with Gasteiger partial charge in [0.15, 0.2) is 5.75 Å². The summed E-state index contributed by atoms with van der Waals surface area (Å²) in [4.78, 5) is 7.59. The van der Waals surface area contributed by atoms with Crippen LogP contribution in [-0.2, 0) is 34.9 Å². The standard InChI is InChI=1S/C26H18N4O14S3/c31-22-11-16(45(36,37)38)7-12-5-14(1-3-18(12)22)27-15-2-4-19-13(6-15)8-23(47(42,43)44)24(25(19)32)29-28-20-9-17(46(39,40)41)10-21(26(20)33)30(34)35/h1-11H,(H7-,27,28,29,31,32,33,36,37,38,39,40,41,42,43,44)/p+1. The molecule has 0 saturated carbocycles. The van der Waals surface area contributed by atoms with E-state index in [4.69, 9.17) is 0 Å². The van der Waals surface area contributed by atoms with Crippen molar-refractivity contribution in [1.82, 2.24) is 0 Å². The van der Waals surface area contributed by atoms with E-state index < -0.39 is 78.9 Å². The molecule has 0 spiro atoms. The Balaban J connectivity index is 1.59. The molecule has 18 nitrogen and oxygen atoms in total. The van der Waals surface area contributed by atoms with Crippen molar-refractivity contribution < 1.29 is 59.5 Å². The summed E-state index contributed by atoms with van der Waals surface area (Å²) in [5.41, 5.74) is -2.35. The molecule has 5 rings (SSSR count). The number of hydrogen-bond donors (Lipinski definition) is 8. The largest absolute Gasteiger partial charge is 0.507 e. The number of fused-ring (bicyclic) bond motifs is 2. The first-order valence-electron chi connectivity index (χ1n) is 12.4. The molecule has 0 fully saturated rings. The minimum atomic E-state index is -5.16. The molecule has 0 saturated heterocycles. The molecule has 21 heteroatoms. The number of hydrogen-bond acceptors (Lipinski definition) is 13. The SMILES string of the molecule is O=[N+]([O-])c1cc(S(=O)(=O)O)cc(N=Nc2c(S(=O)(=O)O)cc3cc(Nc4ccc5c(O)cc([S+](=O)(O)O)cc5c4)ccc3c2O)c1O. The molecule has 0 aliphatic rings. The minimum Gasteiger partial charge on any atom is -0.507 e. The number of nitro benzene ring substituents is 1. The molecule has 0 aliphatic heterocycles. The first-order chi connectivity index (χ1) is 21.7. The average Bonchev–Trinajstić information content (AvgIpc) is 2.95. The molecule has 5 aromatic rings. The fourth-order valence-electron chi connectivity index (χ4n) is 4.49. The molecule has 0 amide bonds. The highest BCUT2D eigenvalue weighted by Gasteiger charge is 2.28. The lowest BCUT2D eigenvalue weighted by Gasteiger charge is -2.12. The maximum Gasteiger partial charge on any atom is 0.386 e. The predicted molar refractivity (Wildman–Crippen MR) is 165 cm³/mol. The quantitative estimate of drug-likeness (QED) is 0.0326. The van der Waals surface area contributed by atoms with Gasteiger partial charge in [-0.15, -0.1) is 10.2 Å². The number of azo groups is 1. The van der Waals surface area contributed by atoms with E-state index in [0.29, 0.717) is 28.9 Å². The molecular weight excluding hydrogens is 689 g/mol. The molecule has 244 valence electrons. The normalized spacial score (nSPS) is 12.6. The number of nitrogens with one attached hydrogen (secondary N) is 1. The number of phenols is 3. The van der Waals surface area contributed by atoms with Gasteiger partial charge in [0, 0.05) is 40.3 Å². The maximum atomic E-state index is 12.3. The van der Waals surface area contributed by atoms with Gasteiger partial charge < -0.3 is 20.6 Å². The highest BCUT2D eigenvalue weighted by atomic mass is 32.3. The molecule has 47 heavy (non-hydrogen) atoms. The van der Waals surface area contributed by atoms with Crippen molar-refractivity contribution in [1.29, 1.82) is 0 Å². The van der Waals surface area contributed by atoms with E-state index in [1.165, 1.54) is 42.5 Å². The number of anilines is 2. The van der Waals surface area contributed by atoms with Crippen LogP contribution in [0.1, 0.15) is 0 Å². The van der Waals surface area contributed by atoms with Gasteiger partial charge in [-0.25, -0.2) is 0 Å². The Labute approximate surface area is 264 Å². The summed E-state index contributed by atoms with van der Waals surface area (Å²) in [6.45, 7) is 0. The van der Waals surface area contributed by atoms with E-state index in [1.54, 1.807) is 0 Å². The second-order valence-electron chi connectivity index (χ2n) is 9.73. The fourth-order valence-corrected chi connectivity index (χ4v) is 6.22. The third kappa shape index (κ3) is 6.66. The van der Waals surface area contributed by atoms with E-state index in [1.807, 2.05) is 0 Å². The Hall–Kier alpha value is -5.29. The zero-order valence-electron chi connectivity index (χ0n) is 22.9. The summed E-state index contributed by atoms with van der Waals surface area (Å²) in [7, 11) is -14.6. The van der Waals surface area contributed by atoms with Crippen LogP contribution in [-0.4, -0.2) is 55.3 Å². The second-order valence-corrected chi connectivity index (χ2v) is 14.0. The molecule has 0 radical (unpaired) electrons. The van der Waals surface area contributed by atoms with Crippen molar-refractivity contribution >= 4 is 80.7 Å². The Kier molecular flexibility index (Phi) is 8.10. The first-order valence-corrected chi connectivity index (χ1v) is 16.8. The summed E-state index contributed by atoms with van der Waals surface area (Å²) in [5.74, 6) is -2.45. The number of aromatic hydroxyl groups is 3. The fraction of sp³-hybridized carbons (Fsp3) is 0. The zero-order chi connectivity index (χ0) is 34.6. The van der Waals surface area contributed by atoms with Crippen molar-refractivity contribution in [2.75, 3.05) is 5.32 Å². The Morgan fingerprint density at radius 3 is 1.89 bits per heavy atom.